The van der Waals surface area contributed by atoms with Gasteiger partial charge in [-0.15, -0.1) is 0 Å². The highest BCUT2D eigenvalue weighted by Gasteiger charge is 2.45. The molecule has 6 heteroatoms. The van der Waals surface area contributed by atoms with E-state index in [1.54, 1.807) is 31.1 Å². The van der Waals surface area contributed by atoms with Crippen LogP contribution < -0.4 is 0 Å². The molecule has 2 aliphatic rings. The average Bonchev–Trinajstić information content (AvgIpc) is 3.34. The molecule has 0 aromatic heterocycles. The van der Waals surface area contributed by atoms with Crippen molar-refractivity contribution in [1.29, 1.82) is 0 Å². The Balaban J connectivity index is 1.57. The summed E-state index contributed by atoms with van der Waals surface area (Å²) in [4.78, 5) is 29.8. The fourth-order valence-corrected chi connectivity index (χ4v) is 5.05. The molecule has 5 nitrogen and oxygen atoms in total. The molecule has 170 valence electrons. The van der Waals surface area contributed by atoms with E-state index in [9.17, 15) is 14.0 Å². The van der Waals surface area contributed by atoms with Crippen LogP contribution in [0.3, 0.4) is 0 Å². The van der Waals surface area contributed by atoms with E-state index >= 15 is 0 Å². The highest BCUT2D eigenvalue weighted by atomic mass is 19.1. The summed E-state index contributed by atoms with van der Waals surface area (Å²) in [6, 6.07) is 14.4. The molecule has 0 aliphatic carbocycles. The first-order chi connectivity index (χ1) is 15.4. The third-order valence-electron chi connectivity index (χ3n) is 6.63. The van der Waals surface area contributed by atoms with E-state index in [4.69, 9.17) is 4.74 Å². The Morgan fingerprint density at radius 3 is 2.53 bits per heavy atom. The molecule has 2 amide bonds. The Hall–Kier alpha value is -2.73. The first-order valence-electron chi connectivity index (χ1n) is 11.4. The molecule has 2 aliphatic heterocycles. The van der Waals surface area contributed by atoms with E-state index in [0.29, 0.717) is 31.7 Å². The Bertz CT molecular complexity index is 969. The summed E-state index contributed by atoms with van der Waals surface area (Å²) in [5.74, 6) is -0.205. The molecule has 0 spiro atoms. The van der Waals surface area contributed by atoms with Crippen LogP contribution in [0.15, 0.2) is 48.5 Å². The Morgan fingerprint density at radius 2 is 1.88 bits per heavy atom. The zero-order valence-electron chi connectivity index (χ0n) is 18.9. The Morgan fingerprint density at radius 1 is 1.12 bits per heavy atom. The predicted octanol–water partition coefficient (Wildman–Crippen LogP) is 3.91. The second kappa shape index (κ2) is 9.41. The van der Waals surface area contributed by atoms with Crippen molar-refractivity contribution in [2.45, 2.75) is 38.2 Å². The van der Waals surface area contributed by atoms with Gasteiger partial charge >= 0.3 is 0 Å². The number of hydrogen-bond donors (Lipinski definition) is 0. The van der Waals surface area contributed by atoms with E-state index in [-0.39, 0.29) is 23.7 Å². The van der Waals surface area contributed by atoms with Crippen LogP contribution in [0.1, 0.15) is 31.2 Å². The van der Waals surface area contributed by atoms with E-state index < -0.39 is 5.41 Å². The van der Waals surface area contributed by atoms with Crippen LogP contribution in [-0.4, -0.2) is 61.5 Å². The summed E-state index contributed by atoms with van der Waals surface area (Å²) >= 11 is 0. The molecule has 2 heterocycles. The van der Waals surface area contributed by atoms with Crippen LogP contribution in [0.2, 0.25) is 0 Å². The third-order valence-corrected chi connectivity index (χ3v) is 6.63. The summed E-state index contributed by atoms with van der Waals surface area (Å²) in [6.07, 6.45) is 3.33. The molecular weight excluding hydrogens is 407 g/mol. The largest absolute Gasteiger partial charge is 0.368 e. The van der Waals surface area contributed by atoms with Gasteiger partial charge < -0.3 is 14.5 Å². The average molecular weight is 439 g/mol. The van der Waals surface area contributed by atoms with Gasteiger partial charge in [-0.1, -0.05) is 42.5 Å². The number of amides is 2. The van der Waals surface area contributed by atoms with E-state index in [1.807, 2.05) is 35.2 Å². The molecule has 2 aromatic rings. The maximum atomic E-state index is 14.2. The van der Waals surface area contributed by atoms with Gasteiger partial charge in [-0.2, -0.15) is 0 Å². The van der Waals surface area contributed by atoms with Crippen molar-refractivity contribution < 1.29 is 18.7 Å². The smallest absolute Gasteiger partial charge is 0.251 e. The lowest BCUT2D eigenvalue weighted by Gasteiger charge is -2.43. The van der Waals surface area contributed by atoms with Gasteiger partial charge in [0.2, 0.25) is 5.91 Å². The van der Waals surface area contributed by atoms with Gasteiger partial charge in [0.05, 0.1) is 5.41 Å². The van der Waals surface area contributed by atoms with Gasteiger partial charge in [-0.3, -0.25) is 9.59 Å². The van der Waals surface area contributed by atoms with E-state index in [0.717, 1.165) is 36.8 Å². The van der Waals surface area contributed by atoms with Crippen LogP contribution >= 0.6 is 0 Å². The van der Waals surface area contributed by atoms with Gasteiger partial charge in [0.25, 0.3) is 5.91 Å². The molecule has 32 heavy (non-hydrogen) atoms. The van der Waals surface area contributed by atoms with Crippen LogP contribution in [0.25, 0.3) is 11.1 Å². The fraction of sp³-hybridized carbons (Fsp3) is 0.462. The molecule has 2 saturated heterocycles. The minimum atomic E-state index is -0.671. The first kappa shape index (κ1) is 22.5. The molecular formula is C26H31FN2O3. The summed E-state index contributed by atoms with van der Waals surface area (Å²) in [5.41, 5.74) is 1.70. The predicted molar refractivity (Wildman–Crippen MR) is 121 cm³/mol. The minimum absolute atomic E-state index is 0.00744. The SMILES string of the molecule is CN(C)C(=O)[C@]1(Cc2ccc(-c3ccccc3F)cc2)CCCN(C(=O)[C@@H]2CCCO2)C1. The monoisotopic (exact) mass is 438 g/mol. The number of halogens is 1. The zero-order valence-corrected chi connectivity index (χ0v) is 18.9. The standard InChI is InChI=1S/C26H31FN2O3/c1-28(2)25(31)26(14-6-15-29(18-26)24(30)23-9-5-16-32-23)17-19-10-12-20(13-11-19)21-7-3-4-8-22(21)27/h3-4,7-8,10-13,23H,5-6,9,14-18H2,1-2H3/t23-,26-/m0/s1. The molecule has 4 rings (SSSR count). The molecule has 2 aromatic carbocycles. The van der Waals surface area contributed by atoms with Crippen molar-refractivity contribution in [3.63, 3.8) is 0 Å². The van der Waals surface area contributed by atoms with Crippen LogP contribution in [0.5, 0.6) is 0 Å². The molecule has 2 atom stereocenters. The summed E-state index contributed by atoms with van der Waals surface area (Å²) in [7, 11) is 3.54. The number of carbonyl (C=O) groups is 2. The normalized spacial score (nSPS) is 23.2. The minimum Gasteiger partial charge on any atom is -0.368 e. The second-order valence-electron chi connectivity index (χ2n) is 9.20. The number of rotatable bonds is 5. The van der Waals surface area contributed by atoms with Crippen molar-refractivity contribution in [3.05, 3.63) is 59.9 Å². The van der Waals surface area contributed by atoms with E-state index in [2.05, 4.69) is 0 Å². The highest BCUT2D eigenvalue weighted by Crippen LogP contribution is 2.37. The molecule has 0 bridgehead atoms. The second-order valence-corrected chi connectivity index (χ2v) is 9.20. The van der Waals surface area contributed by atoms with Gasteiger partial charge in [0, 0.05) is 39.4 Å². The number of ether oxygens (including phenoxy) is 1. The number of carbonyl (C=O) groups excluding carboxylic acids is 2. The number of nitrogens with zero attached hydrogens (tertiary/aromatic N) is 2. The fourth-order valence-electron chi connectivity index (χ4n) is 5.05. The Labute approximate surface area is 189 Å². The summed E-state index contributed by atoms with van der Waals surface area (Å²) in [5, 5.41) is 0. The quantitative estimate of drug-likeness (QED) is 0.711. The van der Waals surface area contributed by atoms with Crippen molar-refractivity contribution in [1.82, 2.24) is 9.80 Å². The summed E-state index contributed by atoms with van der Waals surface area (Å²) < 4.78 is 19.8. The van der Waals surface area contributed by atoms with Crippen molar-refractivity contribution >= 4 is 11.8 Å². The first-order valence-corrected chi connectivity index (χ1v) is 11.4. The molecule has 0 saturated carbocycles. The lowest BCUT2D eigenvalue weighted by molar-refractivity contribution is -0.151. The van der Waals surface area contributed by atoms with Gasteiger partial charge in [-0.25, -0.2) is 4.39 Å². The Kier molecular flexibility index (Phi) is 6.60. The highest BCUT2D eigenvalue weighted by molar-refractivity contribution is 5.86. The maximum Gasteiger partial charge on any atom is 0.251 e. The van der Waals surface area contributed by atoms with Crippen molar-refractivity contribution in [3.8, 4) is 11.1 Å². The number of benzene rings is 2. The van der Waals surface area contributed by atoms with Crippen LogP contribution in [-0.2, 0) is 20.7 Å². The summed E-state index contributed by atoms with van der Waals surface area (Å²) in [6.45, 7) is 1.69. The van der Waals surface area contributed by atoms with E-state index in [1.165, 1.54) is 6.07 Å². The molecule has 2 fully saturated rings. The van der Waals surface area contributed by atoms with Gasteiger partial charge in [-0.05, 0) is 49.3 Å². The zero-order chi connectivity index (χ0) is 22.7. The number of likely N-dealkylation sites (tertiary alicyclic amines) is 1. The van der Waals surface area contributed by atoms with Crippen LogP contribution in [0, 0.1) is 11.2 Å². The van der Waals surface area contributed by atoms with Crippen molar-refractivity contribution in [2.75, 3.05) is 33.8 Å². The molecule has 0 unspecified atom stereocenters. The number of piperidine rings is 1. The topological polar surface area (TPSA) is 49.9 Å². The van der Waals surface area contributed by atoms with Crippen LogP contribution in [0.4, 0.5) is 4.39 Å². The molecule has 0 N–H and O–H groups in total. The third kappa shape index (κ3) is 4.56. The van der Waals surface area contributed by atoms with Gasteiger partial charge in [0.1, 0.15) is 11.9 Å². The lowest BCUT2D eigenvalue weighted by atomic mass is 9.73. The van der Waals surface area contributed by atoms with Gasteiger partial charge in [0.15, 0.2) is 0 Å². The molecule has 0 radical (unpaired) electrons. The van der Waals surface area contributed by atoms with Crippen molar-refractivity contribution in [2.24, 2.45) is 5.41 Å². The number of hydrogen-bond acceptors (Lipinski definition) is 3. The lowest BCUT2D eigenvalue weighted by Crippen LogP contribution is -2.55. The maximum absolute atomic E-state index is 14.2.